The fourth-order valence-corrected chi connectivity index (χ4v) is 4.65. The molecule has 26 heavy (non-hydrogen) atoms. The van der Waals surface area contributed by atoms with E-state index in [9.17, 15) is 0 Å². The SMILES string of the molecule is CC1c2cccnc2-c2ccc3c(c21)-c1ccc2ccccc2c1OC3. The zero-order valence-corrected chi connectivity index (χ0v) is 14.5. The van der Waals surface area contributed by atoms with Gasteiger partial charge in [-0.25, -0.2) is 0 Å². The highest BCUT2D eigenvalue weighted by Crippen LogP contribution is 2.52. The fourth-order valence-electron chi connectivity index (χ4n) is 4.65. The Labute approximate surface area is 152 Å². The van der Waals surface area contributed by atoms with E-state index in [4.69, 9.17) is 4.74 Å². The van der Waals surface area contributed by atoms with Gasteiger partial charge in [0.1, 0.15) is 12.4 Å². The van der Waals surface area contributed by atoms with Crippen molar-refractivity contribution in [1.29, 1.82) is 0 Å². The normalized spacial score (nSPS) is 16.4. The van der Waals surface area contributed by atoms with Crippen LogP contribution in [0.3, 0.4) is 0 Å². The molecule has 1 aliphatic heterocycles. The molecule has 0 amide bonds. The molecule has 0 N–H and O–H groups in total. The second-order valence-corrected chi connectivity index (χ2v) is 7.18. The van der Waals surface area contributed by atoms with Gasteiger partial charge in [0.05, 0.1) is 5.69 Å². The Morgan fingerprint density at radius 3 is 2.77 bits per heavy atom. The first-order valence-electron chi connectivity index (χ1n) is 9.09. The summed E-state index contributed by atoms with van der Waals surface area (Å²) < 4.78 is 6.22. The standard InChI is InChI=1S/C24H17NO/c1-14-17-7-4-12-25-23(17)19-10-9-16-13-26-24-18-6-3-2-5-15(18)8-11-20(24)22(16)21(14)19/h2-12,14H,13H2,1H3. The van der Waals surface area contributed by atoms with Crippen molar-refractivity contribution in [2.45, 2.75) is 19.4 Å². The van der Waals surface area contributed by atoms with Gasteiger partial charge >= 0.3 is 0 Å². The summed E-state index contributed by atoms with van der Waals surface area (Å²) in [4.78, 5) is 4.67. The monoisotopic (exact) mass is 335 g/mol. The van der Waals surface area contributed by atoms with Gasteiger partial charge in [-0.2, -0.15) is 0 Å². The van der Waals surface area contributed by atoms with Crippen LogP contribution >= 0.6 is 0 Å². The van der Waals surface area contributed by atoms with Crippen LogP contribution in [0.15, 0.2) is 66.9 Å². The lowest BCUT2D eigenvalue weighted by molar-refractivity contribution is 0.306. The van der Waals surface area contributed by atoms with Crippen molar-refractivity contribution >= 4 is 10.8 Å². The molecule has 0 saturated heterocycles. The third kappa shape index (κ3) is 1.69. The molecule has 1 aliphatic carbocycles. The van der Waals surface area contributed by atoms with E-state index < -0.39 is 0 Å². The minimum absolute atomic E-state index is 0.348. The molecule has 0 fully saturated rings. The molecule has 124 valence electrons. The number of pyridine rings is 1. The summed E-state index contributed by atoms with van der Waals surface area (Å²) in [7, 11) is 0. The van der Waals surface area contributed by atoms with Gasteiger partial charge < -0.3 is 4.74 Å². The van der Waals surface area contributed by atoms with E-state index >= 15 is 0 Å². The highest BCUT2D eigenvalue weighted by molar-refractivity contribution is 5.98. The minimum atomic E-state index is 0.348. The number of nitrogens with zero attached hydrogens (tertiary/aromatic N) is 1. The van der Waals surface area contributed by atoms with E-state index in [1.54, 1.807) is 0 Å². The van der Waals surface area contributed by atoms with Crippen molar-refractivity contribution in [3.63, 3.8) is 0 Å². The number of rotatable bonds is 0. The van der Waals surface area contributed by atoms with Crippen molar-refractivity contribution in [3.05, 3.63) is 83.6 Å². The van der Waals surface area contributed by atoms with Crippen molar-refractivity contribution in [2.75, 3.05) is 0 Å². The summed E-state index contributed by atoms with van der Waals surface area (Å²) in [6.45, 7) is 2.92. The zero-order valence-electron chi connectivity index (χ0n) is 14.5. The Bertz CT molecular complexity index is 1210. The largest absolute Gasteiger partial charge is 0.488 e. The Hall–Kier alpha value is -3.13. The van der Waals surface area contributed by atoms with Gasteiger partial charge in [0, 0.05) is 28.6 Å². The number of benzene rings is 3. The maximum Gasteiger partial charge on any atom is 0.135 e. The molecule has 0 spiro atoms. The molecule has 2 nitrogen and oxygen atoms in total. The lowest BCUT2D eigenvalue weighted by Crippen LogP contribution is -2.09. The van der Waals surface area contributed by atoms with E-state index in [0.29, 0.717) is 12.5 Å². The third-order valence-electron chi connectivity index (χ3n) is 5.85. The van der Waals surface area contributed by atoms with Gasteiger partial charge in [-0.05, 0) is 39.8 Å². The second kappa shape index (κ2) is 4.95. The van der Waals surface area contributed by atoms with Gasteiger partial charge in [0.15, 0.2) is 0 Å². The first kappa shape index (κ1) is 14.1. The number of aromatic nitrogens is 1. The van der Waals surface area contributed by atoms with Crippen molar-refractivity contribution in [1.82, 2.24) is 4.98 Å². The highest BCUT2D eigenvalue weighted by atomic mass is 16.5. The molecule has 3 aromatic carbocycles. The predicted octanol–water partition coefficient (Wildman–Crippen LogP) is 5.93. The molecule has 1 atom stereocenters. The average molecular weight is 335 g/mol. The van der Waals surface area contributed by atoms with Crippen LogP contribution in [0, 0.1) is 0 Å². The number of hydrogen-bond acceptors (Lipinski definition) is 2. The summed E-state index contributed by atoms with van der Waals surface area (Å²) in [6.07, 6.45) is 1.89. The van der Waals surface area contributed by atoms with Crippen LogP contribution in [-0.2, 0) is 6.61 Å². The van der Waals surface area contributed by atoms with Crippen molar-refractivity contribution in [3.8, 4) is 28.1 Å². The molecular weight excluding hydrogens is 318 g/mol. The molecule has 2 heteroatoms. The van der Waals surface area contributed by atoms with Gasteiger partial charge in [0.25, 0.3) is 0 Å². The lowest BCUT2D eigenvalue weighted by Gasteiger charge is -2.26. The first-order valence-corrected chi connectivity index (χ1v) is 9.09. The van der Waals surface area contributed by atoms with Crippen molar-refractivity contribution in [2.24, 2.45) is 0 Å². The third-order valence-corrected chi connectivity index (χ3v) is 5.85. The molecule has 4 aromatic rings. The van der Waals surface area contributed by atoms with Gasteiger partial charge in [-0.3, -0.25) is 4.98 Å². The summed E-state index contributed by atoms with van der Waals surface area (Å²) in [5.74, 6) is 1.36. The Kier molecular flexibility index (Phi) is 2.68. The molecule has 1 unspecified atom stereocenters. The summed E-state index contributed by atoms with van der Waals surface area (Å²) in [6, 6.07) is 21.6. The molecule has 2 aliphatic rings. The first-order chi connectivity index (χ1) is 12.8. The van der Waals surface area contributed by atoms with E-state index in [-0.39, 0.29) is 0 Å². The molecule has 0 saturated carbocycles. The quantitative estimate of drug-likeness (QED) is 0.397. The number of ether oxygens (including phenoxy) is 1. The Morgan fingerprint density at radius 1 is 0.923 bits per heavy atom. The number of hydrogen-bond donors (Lipinski definition) is 0. The van der Waals surface area contributed by atoms with Crippen LogP contribution < -0.4 is 4.74 Å². The van der Waals surface area contributed by atoms with Crippen molar-refractivity contribution < 1.29 is 4.74 Å². The minimum Gasteiger partial charge on any atom is -0.488 e. The van der Waals surface area contributed by atoms with Crippen LogP contribution in [0.2, 0.25) is 0 Å². The molecule has 6 rings (SSSR count). The fraction of sp³-hybridized carbons (Fsp3) is 0.125. The molecule has 0 bridgehead atoms. The molecular formula is C24H17NO. The maximum atomic E-state index is 6.22. The predicted molar refractivity (Wildman–Crippen MR) is 104 cm³/mol. The highest BCUT2D eigenvalue weighted by Gasteiger charge is 2.33. The Morgan fingerprint density at radius 2 is 1.81 bits per heavy atom. The summed E-state index contributed by atoms with van der Waals surface area (Å²) >= 11 is 0. The summed E-state index contributed by atoms with van der Waals surface area (Å²) in [5, 5.41) is 2.41. The van der Waals surface area contributed by atoms with Gasteiger partial charge in [0.2, 0.25) is 0 Å². The van der Waals surface area contributed by atoms with Crippen LogP contribution in [0.5, 0.6) is 5.75 Å². The molecule has 0 radical (unpaired) electrons. The zero-order chi connectivity index (χ0) is 17.3. The summed E-state index contributed by atoms with van der Waals surface area (Å²) in [5.41, 5.74) is 8.95. The smallest absolute Gasteiger partial charge is 0.135 e. The number of fused-ring (bicyclic) bond motifs is 9. The van der Waals surface area contributed by atoms with Crippen LogP contribution in [0.25, 0.3) is 33.2 Å². The topological polar surface area (TPSA) is 22.1 Å². The van der Waals surface area contributed by atoms with Gasteiger partial charge in [-0.1, -0.05) is 55.5 Å². The van der Waals surface area contributed by atoms with E-state index in [1.807, 2.05) is 12.3 Å². The lowest BCUT2D eigenvalue weighted by atomic mass is 9.85. The molecule has 2 heterocycles. The van der Waals surface area contributed by atoms with Crippen LogP contribution in [0.4, 0.5) is 0 Å². The van der Waals surface area contributed by atoms with E-state index in [0.717, 1.165) is 11.4 Å². The second-order valence-electron chi connectivity index (χ2n) is 7.18. The van der Waals surface area contributed by atoms with Gasteiger partial charge in [-0.15, -0.1) is 0 Å². The maximum absolute atomic E-state index is 6.22. The molecule has 1 aromatic heterocycles. The van der Waals surface area contributed by atoms with Crippen LogP contribution in [-0.4, -0.2) is 4.98 Å². The average Bonchev–Trinajstić information content (AvgIpc) is 3.00. The van der Waals surface area contributed by atoms with Crippen LogP contribution in [0.1, 0.15) is 29.5 Å². The Balaban J connectivity index is 1.70. The van der Waals surface area contributed by atoms with E-state index in [1.165, 1.54) is 44.2 Å². The van der Waals surface area contributed by atoms with E-state index in [2.05, 4.69) is 66.5 Å².